The van der Waals surface area contributed by atoms with Gasteiger partial charge in [-0.15, -0.1) is 0 Å². The molecule has 0 spiro atoms. The molecule has 0 fully saturated rings. The molecular weight excluding hydrogens is 381 g/mol. The van der Waals surface area contributed by atoms with Crippen LogP contribution in [0.25, 0.3) is 0 Å². The van der Waals surface area contributed by atoms with Crippen LogP contribution < -0.4 is 5.32 Å². The fourth-order valence-corrected chi connectivity index (χ4v) is 2.45. The predicted molar refractivity (Wildman–Crippen MR) is 79.1 cm³/mol. The third-order valence-electron chi connectivity index (χ3n) is 2.16. The molecule has 2 rings (SSSR count). The van der Waals surface area contributed by atoms with Gasteiger partial charge in [0.2, 0.25) is 0 Å². The lowest BCUT2D eigenvalue weighted by Gasteiger charge is -2.09. The standard InChI is InChI=1S/C12H6Br2ClN3/c13-8-2-1-7(5-16)11(3-8)18-12-10(14)4-9(15)6-17-12/h1-4,6H,(H,17,18). The maximum Gasteiger partial charge on any atom is 0.144 e. The fourth-order valence-electron chi connectivity index (χ4n) is 1.35. The normalized spacial score (nSPS) is 9.89. The Labute approximate surface area is 126 Å². The van der Waals surface area contributed by atoms with Crippen LogP contribution in [0.1, 0.15) is 5.56 Å². The average Bonchev–Trinajstić information content (AvgIpc) is 2.33. The molecule has 2 aromatic rings. The summed E-state index contributed by atoms with van der Waals surface area (Å²) in [4.78, 5) is 4.16. The number of hydrogen-bond donors (Lipinski definition) is 1. The Morgan fingerprint density at radius 2 is 2.06 bits per heavy atom. The number of anilines is 2. The summed E-state index contributed by atoms with van der Waals surface area (Å²) in [6, 6.07) is 9.23. The van der Waals surface area contributed by atoms with E-state index < -0.39 is 0 Å². The summed E-state index contributed by atoms with van der Waals surface area (Å²) in [7, 11) is 0. The number of pyridine rings is 1. The minimum Gasteiger partial charge on any atom is -0.338 e. The molecule has 1 aromatic carbocycles. The van der Waals surface area contributed by atoms with Crippen LogP contribution >= 0.6 is 43.5 Å². The molecule has 0 aliphatic carbocycles. The van der Waals surface area contributed by atoms with Gasteiger partial charge in [0.15, 0.2) is 0 Å². The van der Waals surface area contributed by atoms with Crippen molar-refractivity contribution in [2.45, 2.75) is 0 Å². The largest absolute Gasteiger partial charge is 0.338 e. The quantitative estimate of drug-likeness (QED) is 0.799. The third-order valence-corrected chi connectivity index (χ3v) is 3.47. The molecule has 6 heteroatoms. The second-order valence-electron chi connectivity index (χ2n) is 3.41. The zero-order valence-corrected chi connectivity index (χ0v) is 12.8. The van der Waals surface area contributed by atoms with Crippen LogP contribution in [0.5, 0.6) is 0 Å². The molecule has 18 heavy (non-hydrogen) atoms. The highest BCUT2D eigenvalue weighted by Gasteiger charge is 2.07. The van der Waals surface area contributed by atoms with E-state index in [9.17, 15) is 0 Å². The van der Waals surface area contributed by atoms with Crippen molar-refractivity contribution in [2.24, 2.45) is 0 Å². The van der Waals surface area contributed by atoms with E-state index in [-0.39, 0.29) is 0 Å². The lowest BCUT2D eigenvalue weighted by Crippen LogP contribution is -1.97. The Balaban J connectivity index is 2.40. The van der Waals surface area contributed by atoms with Gasteiger partial charge in [0, 0.05) is 10.7 Å². The van der Waals surface area contributed by atoms with Crippen LogP contribution in [-0.4, -0.2) is 4.98 Å². The summed E-state index contributed by atoms with van der Waals surface area (Å²) in [5.41, 5.74) is 1.23. The number of halogens is 3. The highest BCUT2D eigenvalue weighted by Crippen LogP contribution is 2.29. The molecule has 0 saturated heterocycles. The van der Waals surface area contributed by atoms with Gasteiger partial charge in [0.05, 0.1) is 20.7 Å². The van der Waals surface area contributed by atoms with Crippen molar-refractivity contribution in [3.8, 4) is 6.07 Å². The third kappa shape index (κ3) is 3.02. The van der Waals surface area contributed by atoms with Crippen molar-refractivity contribution in [1.29, 1.82) is 5.26 Å². The molecule has 0 radical (unpaired) electrons. The van der Waals surface area contributed by atoms with Crippen LogP contribution in [0.2, 0.25) is 5.02 Å². The predicted octanol–water partition coefficient (Wildman–Crippen LogP) is 4.88. The molecule has 0 atom stereocenters. The Bertz CT molecular complexity index is 638. The molecule has 0 bridgehead atoms. The maximum atomic E-state index is 9.04. The molecule has 1 heterocycles. The minimum atomic E-state index is 0.543. The molecule has 3 nitrogen and oxygen atoms in total. The summed E-state index contributed by atoms with van der Waals surface area (Å²) in [5, 5.41) is 12.7. The summed E-state index contributed by atoms with van der Waals surface area (Å²) >= 11 is 12.6. The van der Waals surface area contributed by atoms with Crippen LogP contribution in [0.3, 0.4) is 0 Å². The first-order valence-corrected chi connectivity index (χ1v) is 6.84. The van der Waals surface area contributed by atoms with Crippen LogP contribution in [0, 0.1) is 11.3 Å². The Kier molecular flexibility index (Phi) is 4.23. The molecule has 1 N–H and O–H groups in total. The minimum absolute atomic E-state index is 0.543. The van der Waals surface area contributed by atoms with Gasteiger partial charge in [-0.25, -0.2) is 4.98 Å². The number of hydrogen-bond acceptors (Lipinski definition) is 3. The first kappa shape index (κ1) is 13.3. The average molecular weight is 387 g/mol. The number of benzene rings is 1. The molecule has 0 aliphatic heterocycles. The fraction of sp³-hybridized carbons (Fsp3) is 0. The molecule has 90 valence electrons. The number of nitrogens with one attached hydrogen (secondary N) is 1. The van der Waals surface area contributed by atoms with Crippen LogP contribution in [0.4, 0.5) is 11.5 Å². The van der Waals surface area contributed by atoms with E-state index in [1.54, 1.807) is 18.3 Å². The van der Waals surface area contributed by atoms with Gasteiger partial charge < -0.3 is 5.32 Å². The van der Waals surface area contributed by atoms with Gasteiger partial charge in [-0.05, 0) is 40.2 Å². The molecular formula is C12H6Br2ClN3. The highest BCUT2D eigenvalue weighted by atomic mass is 79.9. The van der Waals surface area contributed by atoms with Gasteiger partial charge in [0.25, 0.3) is 0 Å². The van der Waals surface area contributed by atoms with Crippen molar-refractivity contribution in [3.05, 3.63) is 50.0 Å². The van der Waals surface area contributed by atoms with E-state index in [0.717, 1.165) is 8.95 Å². The summed E-state index contributed by atoms with van der Waals surface area (Å²) in [5.74, 6) is 0.606. The van der Waals surface area contributed by atoms with E-state index in [1.807, 2.05) is 12.1 Å². The molecule has 0 saturated carbocycles. The van der Waals surface area contributed by atoms with E-state index in [0.29, 0.717) is 22.1 Å². The monoisotopic (exact) mass is 385 g/mol. The van der Waals surface area contributed by atoms with E-state index in [4.69, 9.17) is 16.9 Å². The zero-order chi connectivity index (χ0) is 13.1. The second kappa shape index (κ2) is 5.70. The Morgan fingerprint density at radius 1 is 1.28 bits per heavy atom. The van der Waals surface area contributed by atoms with Gasteiger partial charge in [-0.1, -0.05) is 27.5 Å². The van der Waals surface area contributed by atoms with Crippen molar-refractivity contribution >= 4 is 55.0 Å². The van der Waals surface area contributed by atoms with Gasteiger partial charge in [0.1, 0.15) is 11.9 Å². The van der Waals surface area contributed by atoms with Crippen molar-refractivity contribution in [1.82, 2.24) is 4.98 Å². The molecule has 1 aromatic heterocycles. The number of aromatic nitrogens is 1. The van der Waals surface area contributed by atoms with Gasteiger partial charge in [-0.2, -0.15) is 5.26 Å². The van der Waals surface area contributed by atoms with E-state index >= 15 is 0 Å². The first-order valence-electron chi connectivity index (χ1n) is 4.88. The van der Waals surface area contributed by atoms with E-state index in [2.05, 4.69) is 48.2 Å². The summed E-state index contributed by atoms with van der Waals surface area (Å²) < 4.78 is 1.62. The smallest absolute Gasteiger partial charge is 0.144 e. The molecule has 0 aliphatic rings. The van der Waals surface area contributed by atoms with Crippen molar-refractivity contribution in [3.63, 3.8) is 0 Å². The SMILES string of the molecule is N#Cc1ccc(Br)cc1Nc1ncc(Cl)cc1Br. The number of rotatable bonds is 2. The van der Waals surface area contributed by atoms with E-state index in [1.165, 1.54) is 0 Å². The zero-order valence-electron chi connectivity index (χ0n) is 8.92. The molecule has 0 amide bonds. The van der Waals surface area contributed by atoms with Gasteiger partial charge in [-0.3, -0.25) is 0 Å². The summed E-state index contributed by atoms with van der Waals surface area (Å²) in [6.07, 6.45) is 1.54. The van der Waals surface area contributed by atoms with Crippen LogP contribution in [0.15, 0.2) is 39.4 Å². The number of nitrogens with zero attached hydrogens (tertiary/aromatic N) is 2. The second-order valence-corrected chi connectivity index (χ2v) is 5.62. The Hall–Kier alpha value is -1.09. The lowest BCUT2D eigenvalue weighted by atomic mass is 10.2. The number of nitriles is 1. The van der Waals surface area contributed by atoms with Crippen molar-refractivity contribution < 1.29 is 0 Å². The lowest BCUT2D eigenvalue weighted by molar-refractivity contribution is 1.29. The van der Waals surface area contributed by atoms with Crippen molar-refractivity contribution in [2.75, 3.05) is 5.32 Å². The maximum absolute atomic E-state index is 9.04. The van der Waals surface area contributed by atoms with Crippen LogP contribution in [-0.2, 0) is 0 Å². The highest BCUT2D eigenvalue weighted by molar-refractivity contribution is 9.10. The molecule has 0 unspecified atom stereocenters. The summed E-state index contributed by atoms with van der Waals surface area (Å²) in [6.45, 7) is 0. The Morgan fingerprint density at radius 3 is 2.72 bits per heavy atom. The topological polar surface area (TPSA) is 48.7 Å². The van der Waals surface area contributed by atoms with Gasteiger partial charge >= 0.3 is 0 Å². The first-order chi connectivity index (χ1) is 8.60.